The smallest absolute Gasteiger partial charge is 0.248 e. The van der Waals surface area contributed by atoms with E-state index in [2.05, 4.69) is 19.1 Å². The molecule has 0 heterocycles. The van der Waals surface area contributed by atoms with E-state index >= 15 is 0 Å². The predicted octanol–water partition coefficient (Wildman–Crippen LogP) is 5.60. The summed E-state index contributed by atoms with van der Waals surface area (Å²) >= 11 is 0. The first kappa shape index (κ1) is 23.3. The van der Waals surface area contributed by atoms with Crippen LogP contribution in [0.2, 0.25) is 0 Å². The summed E-state index contributed by atoms with van der Waals surface area (Å²) < 4.78 is 0. The van der Waals surface area contributed by atoms with E-state index in [-0.39, 0.29) is 22.5 Å². The second-order valence-electron chi connectivity index (χ2n) is 11.6. The van der Waals surface area contributed by atoms with Crippen LogP contribution in [-0.2, 0) is 16.0 Å². The zero-order chi connectivity index (χ0) is 24.1. The highest BCUT2D eigenvalue weighted by Crippen LogP contribution is 2.66. The average molecular weight is 460 g/mol. The SMILES string of the molecule is CC(=O)[C@H]1CC[C@H]2[C@@H]3C=CC4=CC(=O)CC[C@@]4(C)[C@@H]3CC[C@]12CCCc1ccc(C(N)=O)cc1. The summed E-state index contributed by atoms with van der Waals surface area (Å²) in [6, 6.07) is 7.63. The van der Waals surface area contributed by atoms with Crippen LogP contribution in [0.4, 0.5) is 0 Å². The van der Waals surface area contributed by atoms with Crippen LogP contribution in [0.15, 0.2) is 48.1 Å². The Morgan fingerprint density at radius 3 is 2.53 bits per heavy atom. The molecule has 4 aliphatic carbocycles. The van der Waals surface area contributed by atoms with Crippen molar-refractivity contribution in [3.63, 3.8) is 0 Å². The molecule has 0 bridgehead atoms. The fourth-order valence-electron chi connectivity index (χ4n) is 8.36. The van der Waals surface area contributed by atoms with Crippen molar-refractivity contribution in [2.45, 2.75) is 71.6 Å². The normalized spacial score (nSPS) is 36.3. The van der Waals surface area contributed by atoms with Gasteiger partial charge in [0.05, 0.1) is 0 Å². The molecule has 4 nitrogen and oxygen atoms in total. The zero-order valence-electron chi connectivity index (χ0n) is 20.5. The number of fused-ring (bicyclic) bond motifs is 5. The van der Waals surface area contributed by atoms with Crippen molar-refractivity contribution in [1.82, 2.24) is 0 Å². The van der Waals surface area contributed by atoms with Gasteiger partial charge < -0.3 is 5.73 Å². The van der Waals surface area contributed by atoms with Crippen molar-refractivity contribution in [3.05, 3.63) is 59.2 Å². The highest BCUT2D eigenvalue weighted by atomic mass is 16.1. The van der Waals surface area contributed by atoms with E-state index in [0.717, 1.165) is 51.4 Å². The maximum Gasteiger partial charge on any atom is 0.248 e. The first-order valence-corrected chi connectivity index (χ1v) is 13.1. The van der Waals surface area contributed by atoms with Gasteiger partial charge in [-0.25, -0.2) is 0 Å². The molecule has 2 N–H and O–H groups in total. The third-order valence-corrected chi connectivity index (χ3v) is 10.1. The molecule has 2 saturated carbocycles. The maximum atomic E-state index is 12.8. The molecule has 0 spiro atoms. The number of Topliss-reactive ketones (excluding diaryl/α,β-unsaturated/α-hetero) is 1. The molecule has 0 unspecified atom stereocenters. The highest BCUT2D eigenvalue weighted by molar-refractivity contribution is 5.93. The Hall–Kier alpha value is -2.49. The van der Waals surface area contributed by atoms with Gasteiger partial charge in [-0.15, -0.1) is 0 Å². The van der Waals surface area contributed by atoms with Crippen LogP contribution in [0.3, 0.4) is 0 Å². The van der Waals surface area contributed by atoms with E-state index in [1.807, 2.05) is 30.3 Å². The lowest BCUT2D eigenvalue weighted by Gasteiger charge is -2.57. The minimum atomic E-state index is -0.394. The topological polar surface area (TPSA) is 77.2 Å². The van der Waals surface area contributed by atoms with E-state index in [0.29, 0.717) is 35.5 Å². The van der Waals surface area contributed by atoms with Crippen molar-refractivity contribution < 1.29 is 14.4 Å². The average Bonchev–Trinajstić information content (AvgIpc) is 3.20. The summed E-state index contributed by atoms with van der Waals surface area (Å²) in [5.74, 6) is 2.02. The van der Waals surface area contributed by atoms with Crippen LogP contribution in [0.5, 0.6) is 0 Å². The molecular weight excluding hydrogens is 422 g/mol. The van der Waals surface area contributed by atoms with Gasteiger partial charge in [0, 0.05) is 17.9 Å². The summed E-state index contributed by atoms with van der Waals surface area (Å²) in [7, 11) is 0. The van der Waals surface area contributed by atoms with Gasteiger partial charge in [0.25, 0.3) is 0 Å². The Balaban J connectivity index is 1.38. The minimum Gasteiger partial charge on any atom is -0.366 e. The van der Waals surface area contributed by atoms with Gasteiger partial charge in [-0.1, -0.05) is 31.2 Å². The molecule has 4 aliphatic rings. The Bertz CT molecular complexity index is 1070. The standard InChI is InChI=1S/C30H37NO3/c1-19(32)25-11-12-27-24-10-9-22-18-23(33)13-16-29(22,2)26(24)14-17-30(25,27)15-3-4-20-5-7-21(8-6-20)28(31)34/h5-10,18,24-27H,3-4,11-17H2,1-2H3,(H2,31,34)/t24-,25-,26-,27+,29-,30-/m1/s1. The van der Waals surface area contributed by atoms with Gasteiger partial charge >= 0.3 is 0 Å². The molecule has 1 aromatic carbocycles. The molecule has 6 atom stereocenters. The van der Waals surface area contributed by atoms with Crippen LogP contribution in [0.25, 0.3) is 0 Å². The Kier molecular flexibility index (Phi) is 5.90. The number of ketones is 2. The Morgan fingerprint density at radius 1 is 1.06 bits per heavy atom. The second-order valence-corrected chi connectivity index (χ2v) is 11.6. The molecule has 0 aromatic heterocycles. The number of nitrogens with two attached hydrogens (primary N) is 1. The fourth-order valence-corrected chi connectivity index (χ4v) is 8.36. The molecule has 34 heavy (non-hydrogen) atoms. The van der Waals surface area contributed by atoms with E-state index in [4.69, 9.17) is 5.73 Å². The molecule has 180 valence electrons. The molecular formula is C30H37NO3. The number of rotatable bonds is 6. The van der Waals surface area contributed by atoms with Crippen LogP contribution >= 0.6 is 0 Å². The molecule has 4 heteroatoms. The summed E-state index contributed by atoms with van der Waals surface area (Å²) in [6.45, 7) is 4.18. The first-order chi connectivity index (χ1) is 16.2. The quantitative estimate of drug-likeness (QED) is 0.601. The minimum absolute atomic E-state index is 0.0899. The van der Waals surface area contributed by atoms with E-state index in [9.17, 15) is 14.4 Å². The Labute approximate surface area is 203 Å². The number of primary amides is 1. The van der Waals surface area contributed by atoms with E-state index in [1.54, 1.807) is 6.92 Å². The van der Waals surface area contributed by atoms with Gasteiger partial charge in [-0.3, -0.25) is 14.4 Å². The lowest BCUT2D eigenvalue weighted by Crippen LogP contribution is -2.50. The van der Waals surface area contributed by atoms with Gasteiger partial charge in [-0.05, 0) is 116 Å². The van der Waals surface area contributed by atoms with Crippen molar-refractivity contribution in [1.29, 1.82) is 0 Å². The lowest BCUT2D eigenvalue weighted by atomic mass is 9.47. The summed E-state index contributed by atoms with van der Waals surface area (Å²) in [4.78, 5) is 36.3. The van der Waals surface area contributed by atoms with Gasteiger partial charge in [0.1, 0.15) is 5.78 Å². The van der Waals surface area contributed by atoms with Crippen LogP contribution in [-0.4, -0.2) is 17.5 Å². The number of carbonyl (C=O) groups is 3. The molecule has 0 radical (unpaired) electrons. The van der Waals surface area contributed by atoms with Gasteiger partial charge in [0.15, 0.2) is 5.78 Å². The number of hydrogen-bond donors (Lipinski definition) is 1. The summed E-state index contributed by atoms with van der Waals surface area (Å²) in [5, 5.41) is 0. The second kappa shape index (κ2) is 8.62. The molecule has 5 rings (SSSR count). The molecule has 1 amide bonds. The van der Waals surface area contributed by atoms with Crippen LogP contribution in [0.1, 0.15) is 81.1 Å². The Morgan fingerprint density at radius 2 is 1.82 bits per heavy atom. The van der Waals surface area contributed by atoms with E-state index < -0.39 is 5.91 Å². The zero-order valence-corrected chi connectivity index (χ0v) is 20.5. The summed E-state index contributed by atoms with van der Waals surface area (Å²) in [5.41, 5.74) is 8.56. The third kappa shape index (κ3) is 3.70. The van der Waals surface area contributed by atoms with Crippen molar-refractivity contribution in [2.75, 3.05) is 0 Å². The number of hydrogen-bond acceptors (Lipinski definition) is 3. The van der Waals surface area contributed by atoms with E-state index in [1.165, 1.54) is 11.1 Å². The maximum absolute atomic E-state index is 12.8. The number of amides is 1. The molecule has 1 aromatic rings. The molecule has 2 fully saturated rings. The van der Waals surface area contributed by atoms with Crippen LogP contribution in [0, 0.1) is 34.5 Å². The first-order valence-electron chi connectivity index (χ1n) is 13.1. The van der Waals surface area contributed by atoms with Crippen molar-refractivity contribution >= 4 is 17.5 Å². The third-order valence-electron chi connectivity index (χ3n) is 10.1. The number of benzene rings is 1. The monoisotopic (exact) mass is 459 g/mol. The largest absolute Gasteiger partial charge is 0.366 e. The lowest BCUT2D eigenvalue weighted by molar-refractivity contribution is -0.128. The highest BCUT2D eigenvalue weighted by Gasteiger charge is 2.60. The summed E-state index contributed by atoms with van der Waals surface area (Å²) in [6.07, 6.45) is 15.7. The fraction of sp³-hybridized carbons (Fsp3) is 0.567. The number of aryl methyl sites for hydroxylation is 1. The number of carbonyl (C=O) groups excluding carboxylic acids is 3. The van der Waals surface area contributed by atoms with Crippen molar-refractivity contribution in [3.8, 4) is 0 Å². The molecule has 0 aliphatic heterocycles. The van der Waals surface area contributed by atoms with Crippen LogP contribution < -0.4 is 5.73 Å². The number of allylic oxidation sites excluding steroid dienone is 4. The van der Waals surface area contributed by atoms with Crippen molar-refractivity contribution in [2.24, 2.45) is 40.2 Å². The van der Waals surface area contributed by atoms with Gasteiger partial charge in [-0.2, -0.15) is 0 Å². The predicted molar refractivity (Wildman–Crippen MR) is 133 cm³/mol. The molecule has 0 saturated heterocycles. The van der Waals surface area contributed by atoms with Gasteiger partial charge in [0.2, 0.25) is 5.91 Å².